The molecule has 0 amide bonds. The fourth-order valence-corrected chi connectivity index (χ4v) is 1.66. The monoisotopic (exact) mass is 195 g/mol. The summed E-state index contributed by atoms with van der Waals surface area (Å²) in [5.74, 6) is -1.14. The van der Waals surface area contributed by atoms with Gasteiger partial charge in [-0.3, -0.25) is 4.79 Å². The number of carboxylic acid groups (broad SMARTS) is 1. The van der Waals surface area contributed by atoms with Crippen molar-refractivity contribution in [2.75, 3.05) is 0 Å². The minimum absolute atomic E-state index is 0.278. The summed E-state index contributed by atoms with van der Waals surface area (Å²) >= 11 is 0. The Morgan fingerprint density at radius 2 is 2.29 bits per heavy atom. The maximum absolute atomic E-state index is 12.8. The van der Waals surface area contributed by atoms with Crippen LogP contribution in [-0.2, 0) is 17.8 Å². The van der Waals surface area contributed by atoms with E-state index < -0.39 is 12.0 Å². The van der Waals surface area contributed by atoms with Crippen LogP contribution in [0.2, 0.25) is 0 Å². The highest BCUT2D eigenvalue weighted by Gasteiger charge is 2.23. The van der Waals surface area contributed by atoms with E-state index in [1.54, 1.807) is 6.07 Å². The van der Waals surface area contributed by atoms with E-state index in [0.29, 0.717) is 13.0 Å². The molecule has 2 rings (SSSR count). The Balaban J connectivity index is 2.27. The second-order valence-corrected chi connectivity index (χ2v) is 3.39. The zero-order valence-corrected chi connectivity index (χ0v) is 7.46. The number of carboxylic acids is 1. The second kappa shape index (κ2) is 3.38. The number of benzene rings is 1. The van der Waals surface area contributed by atoms with Crippen molar-refractivity contribution in [1.82, 2.24) is 5.32 Å². The van der Waals surface area contributed by atoms with Crippen LogP contribution >= 0.6 is 0 Å². The van der Waals surface area contributed by atoms with E-state index in [0.717, 1.165) is 11.1 Å². The van der Waals surface area contributed by atoms with Gasteiger partial charge in [0.25, 0.3) is 0 Å². The molecule has 74 valence electrons. The number of carbonyl (C=O) groups is 1. The van der Waals surface area contributed by atoms with Gasteiger partial charge in [-0.05, 0) is 29.7 Å². The van der Waals surface area contributed by atoms with E-state index in [1.165, 1.54) is 12.1 Å². The van der Waals surface area contributed by atoms with Crippen LogP contribution in [0, 0.1) is 5.82 Å². The third-order valence-corrected chi connectivity index (χ3v) is 2.43. The van der Waals surface area contributed by atoms with Crippen molar-refractivity contribution in [2.45, 2.75) is 19.0 Å². The Labute approximate surface area is 80.6 Å². The summed E-state index contributed by atoms with van der Waals surface area (Å²) < 4.78 is 12.8. The van der Waals surface area contributed by atoms with Crippen molar-refractivity contribution in [3.63, 3.8) is 0 Å². The molecule has 0 unspecified atom stereocenters. The van der Waals surface area contributed by atoms with Gasteiger partial charge < -0.3 is 10.4 Å². The average Bonchev–Trinajstić information content (AvgIpc) is 2.16. The Morgan fingerprint density at radius 3 is 3.00 bits per heavy atom. The van der Waals surface area contributed by atoms with E-state index in [2.05, 4.69) is 5.32 Å². The SMILES string of the molecule is O=C(O)[C@H]1Cc2ccc(F)cc2CN1. The van der Waals surface area contributed by atoms with E-state index in [9.17, 15) is 9.18 Å². The van der Waals surface area contributed by atoms with Crippen LogP contribution in [0.25, 0.3) is 0 Å². The molecule has 1 aromatic carbocycles. The number of halogens is 1. The molecule has 1 heterocycles. The molecule has 0 fully saturated rings. The molecule has 0 spiro atoms. The Morgan fingerprint density at radius 1 is 1.50 bits per heavy atom. The first kappa shape index (κ1) is 9.15. The predicted molar refractivity (Wildman–Crippen MR) is 48.4 cm³/mol. The van der Waals surface area contributed by atoms with Crippen molar-refractivity contribution in [1.29, 1.82) is 0 Å². The van der Waals surface area contributed by atoms with Crippen LogP contribution in [0.5, 0.6) is 0 Å². The topological polar surface area (TPSA) is 49.3 Å². The van der Waals surface area contributed by atoms with Gasteiger partial charge >= 0.3 is 5.97 Å². The first-order valence-electron chi connectivity index (χ1n) is 4.40. The Kier molecular flexibility index (Phi) is 2.21. The molecule has 0 saturated heterocycles. The molecule has 1 aliphatic heterocycles. The van der Waals surface area contributed by atoms with Crippen molar-refractivity contribution >= 4 is 5.97 Å². The van der Waals surface area contributed by atoms with Crippen molar-refractivity contribution in [2.24, 2.45) is 0 Å². The standard InChI is InChI=1S/C10H10FNO2/c11-8-2-1-6-4-9(10(13)14)12-5-7(6)3-8/h1-3,9,12H,4-5H2,(H,13,14)/t9-/m1/s1. The summed E-state index contributed by atoms with van der Waals surface area (Å²) in [6.07, 6.45) is 0.422. The van der Waals surface area contributed by atoms with Gasteiger partial charge in [0.05, 0.1) is 0 Å². The minimum Gasteiger partial charge on any atom is -0.480 e. The lowest BCUT2D eigenvalue weighted by atomic mass is 9.96. The quantitative estimate of drug-likeness (QED) is 0.700. The lowest BCUT2D eigenvalue weighted by Gasteiger charge is -2.22. The van der Waals surface area contributed by atoms with Crippen molar-refractivity contribution in [3.8, 4) is 0 Å². The molecule has 0 aliphatic carbocycles. The molecule has 1 aliphatic rings. The Hall–Kier alpha value is -1.42. The van der Waals surface area contributed by atoms with Gasteiger partial charge in [0.15, 0.2) is 0 Å². The van der Waals surface area contributed by atoms with Gasteiger partial charge in [0, 0.05) is 6.54 Å². The number of hydrogen-bond acceptors (Lipinski definition) is 2. The molecule has 4 heteroatoms. The summed E-state index contributed by atoms with van der Waals surface area (Å²) in [6, 6.07) is 3.92. The molecule has 1 atom stereocenters. The number of rotatable bonds is 1. The lowest BCUT2D eigenvalue weighted by molar-refractivity contribution is -0.139. The largest absolute Gasteiger partial charge is 0.480 e. The third-order valence-electron chi connectivity index (χ3n) is 2.43. The molecular weight excluding hydrogens is 185 g/mol. The number of fused-ring (bicyclic) bond motifs is 1. The van der Waals surface area contributed by atoms with Gasteiger partial charge in [-0.2, -0.15) is 0 Å². The molecule has 14 heavy (non-hydrogen) atoms. The van der Waals surface area contributed by atoms with Crippen molar-refractivity contribution in [3.05, 3.63) is 35.1 Å². The molecule has 2 N–H and O–H groups in total. The van der Waals surface area contributed by atoms with E-state index >= 15 is 0 Å². The first-order valence-corrected chi connectivity index (χ1v) is 4.40. The maximum Gasteiger partial charge on any atom is 0.321 e. The summed E-state index contributed by atoms with van der Waals surface area (Å²) in [4.78, 5) is 10.7. The normalized spacial score (nSPS) is 20.2. The maximum atomic E-state index is 12.8. The van der Waals surface area contributed by atoms with Gasteiger partial charge in [-0.25, -0.2) is 4.39 Å². The van der Waals surface area contributed by atoms with E-state index in [-0.39, 0.29) is 5.82 Å². The minimum atomic E-state index is -0.861. The third kappa shape index (κ3) is 1.61. The molecule has 3 nitrogen and oxygen atoms in total. The number of aliphatic carboxylic acids is 1. The average molecular weight is 195 g/mol. The van der Waals surface area contributed by atoms with E-state index in [1.807, 2.05) is 0 Å². The number of hydrogen-bond donors (Lipinski definition) is 2. The molecule has 0 saturated carbocycles. The zero-order valence-electron chi connectivity index (χ0n) is 7.46. The predicted octanol–water partition coefficient (Wildman–Crippen LogP) is 0.925. The van der Waals surface area contributed by atoms with Gasteiger partial charge in [0.2, 0.25) is 0 Å². The summed E-state index contributed by atoms with van der Waals surface area (Å²) in [5, 5.41) is 11.6. The van der Waals surface area contributed by atoms with Crippen molar-refractivity contribution < 1.29 is 14.3 Å². The fraction of sp³-hybridized carbons (Fsp3) is 0.300. The van der Waals surface area contributed by atoms with Gasteiger partial charge in [-0.1, -0.05) is 6.07 Å². The van der Waals surface area contributed by atoms with Gasteiger partial charge in [0.1, 0.15) is 11.9 Å². The molecule has 0 radical (unpaired) electrons. The molecule has 0 aromatic heterocycles. The van der Waals surface area contributed by atoms with Crippen LogP contribution in [0.3, 0.4) is 0 Å². The summed E-state index contributed by atoms with van der Waals surface area (Å²) in [6.45, 7) is 0.421. The van der Waals surface area contributed by atoms with Crippen LogP contribution in [-0.4, -0.2) is 17.1 Å². The highest BCUT2D eigenvalue weighted by Crippen LogP contribution is 2.17. The zero-order chi connectivity index (χ0) is 10.1. The molecule has 0 bridgehead atoms. The second-order valence-electron chi connectivity index (χ2n) is 3.39. The first-order chi connectivity index (χ1) is 6.66. The van der Waals surface area contributed by atoms with Crippen LogP contribution in [0.4, 0.5) is 4.39 Å². The lowest BCUT2D eigenvalue weighted by Crippen LogP contribution is -2.41. The number of nitrogens with one attached hydrogen (secondary N) is 1. The van der Waals surface area contributed by atoms with Crippen LogP contribution in [0.15, 0.2) is 18.2 Å². The highest BCUT2D eigenvalue weighted by molar-refractivity contribution is 5.74. The van der Waals surface area contributed by atoms with Gasteiger partial charge in [-0.15, -0.1) is 0 Å². The van der Waals surface area contributed by atoms with Crippen LogP contribution in [0.1, 0.15) is 11.1 Å². The summed E-state index contributed by atoms with van der Waals surface area (Å²) in [7, 11) is 0. The Bertz CT molecular complexity index is 378. The smallest absolute Gasteiger partial charge is 0.321 e. The van der Waals surface area contributed by atoms with Crippen LogP contribution < -0.4 is 5.32 Å². The molecule has 1 aromatic rings. The fourth-order valence-electron chi connectivity index (χ4n) is 1.66. The summed E-state index contributed by atoms with van der Waals surface area (Å²) in [5.41, 5.74) is 1.76. The van der Waals surface area contributed by atoms with E-state index in [4.69, 9.17) is 5.11 Å². The molecular formula is C10H10FNO2. The highest BCUT2D eigenvalue weighted by atomic mass is 19.1.